The minimum absolute atomic E-state index is 0.139. The highest BCUT2D eigenvalue weighted by atomic mass is 19.1. The van der Waals surface area contributed by atoms with Crippen LogP contribution in [0.3, 0.4) is 0 Å². The molecule has 2 atom stereocenters. The lowest BCUT2D eigenvalue weighted by molar-refractivity contribution is 0.0480. The molecule has 0 aliphatic carbocycles. The number of hydrogen-bond acceptors (Lipinski definition) is 6. The molecule has 4 aromatic rings. The highest BCUT2D eigenvalue weighted by molar-refractivity contribution is 6.09. The molecule has 1 unspecified atom stereocenters. The van der Waals surface area contributed by atoms with Crippen molar-refractivity contribution in [3.8, 4) is 16.9 Å². The average Bonchev–Trinajstić information content (AvgIpc) is 3.06. The Hall–Kier alpha value is -3.30. The first-order valence-electron chi connectivity index (χ1n) is 13.1. The summed E-state index contributed by atoms with van der Waals surface area (Å²) in [5.41, 5.74) is 3.46. The lowest BCUT2D eigenvalue weighted by atomic mass is 10.0. The Balaban J connectivity index is 1.31. The molecule has 1 aromatic carbocycles. The van der Waals surface area contributed by atoms with Crippen LogP contribution in [0.2, 0.25) is 0 Å². The molecule has 194 valence electrons. The van der Waals surface area contributed by atoms with Gasteiger partial charge in [-0.15, -0.1) is 0 Å². The molecule has 1 fully saturated rings. The van der Waals surface area contributed by atoms with E-state index in [1.165, 1.54) is 25.3 Å². The quantitative estimate of drug-likeness (QED) is 0.386. The number of pyridine rings is 2. The summed E-state index contributed by atoms with van der Waals surface area (Å²) in [7, 11) is 1.73. The van der Waals surface area contributed by atoms with Gasteiger partial charge in [-0.2, -0.15) is 0 Å². The third kappa shape index (κ3) is 4.10. The molecule has 0 spiro atoms. The fraction of sp³-hybridized carbons (Fsp3) is 0.464. The monoisotopic (exact) mass is 505 g/mol. The van der Waals surface area contributed by atoms with Gasteiger partial charge in [0, 0.05) is 30.9 Å². The van der Waals surface area contributed by atoms with E-state index in [9.17, 15) is 4.79 Å². The highest BCUT2D eigenvalue weighted by Gasteiger charge is 2.28. The Bertz CT molecular complexity index is 1520. The van der Waals surface area contributed by atoms with Gasteiger partial charge in [-0.1, -0.05) is 12.5 Å². The maximum absolute atomic E-state index is 15.5. The third-order valence-corrected chi connectivity index (χ3v) is 7.76. The van der Waals surface area contributed by atoms with Crippen molar-refractivity contribution in [1.82, 2.24) is 24.0 Å². The number of benzene rings is 1. The van der Waals surface area contributed by atoms with Gasteiger partial charge >= 0.3 is 5.69 Å². The van der Waals surface area contributed by atoms with Crippen molar-refractivity contribution in [3.63, 3.8) is 0 Å². The number of hydrogen-bond donors (Lipinski definition) is 0. The second-order valence-electron chi connectivity index (χ2n) is 10.3. The summed E-state index contributed by atoms with van der Waals surface area (Å²) in [6.45, 7) is 7.71. The molecule has 2 aliphatic heterocycles. The van der Waals surface area contributed by atoms with Crippen molar-refractivity contribution < 1.29 is 13.9 Å². The van der Waals surface area contributed by atoms with Gasteiger partial charge in [-0.05, 0) is 45.8 Å². The molecule has 0 N–H and O–H groups in total. The molecule has 0 radical (unpaired) electrons. The van der Waals surface area contributed by atoms with Crippen molar-refractivity contribution in [2.75, 3.05) is 26.3 Å². The van der Waals surface area contributed by atoms with Gasteiger partial charge in [0.1, 0.15) is 18.2 Å². The molecule has 1 saturated heterocycles. The SMILES string of the molecule is CC(COCc1ccc(-c2c(F)cc3ncc4c5c3c2OC[C@H](C)n5c(=O)n4C)cn1)N1CCCCC1. The van der Waals surface area contributed by atoms with E-state index < -0.39 is 5.82 Å². The molecule has 2 aliphatic rings. The van der Waals surface area contributed by atoms with E-state index in [1.807, 2.05) is 19.1 Å². The maximum atomic E-state index is 15.5. The fourth-order valence-electron chi connectivity index (χ4n) is 5.67. The number of aryl methyl sites for hydroxylation is 1. The summed E-state index contributed by atoms with van der Waals surface area (Å²) < 4.78 is 30.9. The zero-order valence-electron chi connectivity index (χ0n) is 21.5. The predicted molar refractivity (Wildman–Crippen MR) is 140 cm³/mol. The first-order valence-corrected chi connectivity index (χ1v) is 13.1. The number of imidazole rings is 1. The highest BCUT2D eigenvalue weighted by Crippen LogP contribution is 2.43. The summed E-state index contributed by atoms with van der Waals surface area (Å²) in [5.74, 6) is -0.0344. The first kappa shape index (κ1) is 24.1. The first-order chi connectivity index (χ1) is 17.9. The number of piperidine rings is 1. The summed E-state index contributed by atoms with van der Waals surface area (Å²) in [6.07, 6.45) is 7.12. The number of nitrogens with zero attached hydrogens (tertiary/aromatic N) is 5. The Morgan fingerprint density at radius 2 is 2.00 bits per heavy atom. The van der Waals surface area contributed by atoms with E-state index >= 15 is 4.39 Å². The summed E-state index contributed by atoms with van der Waals surface area (Å²) in [4.78, 5) is 24.5. The number of likely N-dealkylation sites (tertiary alicyclic amines) is 1. The van der Waals surface area contributed by atoms with Crippen molar-refractivity contribution in [3.05, 3.63) is 52.6 Å². The molecular weight excluding hydrogens is 473 g/mol. The molecule has 0 bridgehead atoms. The molecule has 9 heteroatoms. The molecule has 6 rings (SSSR count). The van der Waals surface area contributed by atoms with Crippen LogP contribution >= 0.6 is 0 Å². The van der Waals surface area contributed by atoms with Crippen molar-refractivity contribution in [2.24, 2.45) is 7.05 Å². The predicted octanol–water partition coefficient (Wildman–Crippen LogP) is 4.43. The lowest BCUT2D eigenvalue weighted by Gasteiger charge is -2.32. The molecule has 8 nitrogen and oxygen atoms in total. The van der Waals surface area contributed by atoms with Crippen LogP contribution in [-0.4, -0.2) is 56.3 Å². The lowest BCUT2D eigenvalue weighted by Crippen LogP contribution is -2.40. The van der Waals surface area contributed by atoms with Gasteiger partial charge in [0.05, 0.1) is 58.6 Å². The van der Waals surface area contributed by atoms with Crippen LogP contribution in [0.5, 0.6) is 5.75 Å². The van der Waals surface area contributed by atoms with Crippen LogP contribution in [0.25, 0.3) is 33.1 Å². The van der Waals surface area contributed by atoms with Gasteiger partial charge in [0.15, 0.2) is 0 Å². The summed E-state index contributed by atoms with van der Waals surface area (Å²) >= 11 is 0. The fourth-order valence-corrected chi connectivity index (χ4v) is 5.67. The van der Waals surface area contributed by atoms with E-state index in [-0.39, 0.29) is 18.3 Å². The second-order valence-corrected chi connectivity index (χ2v) is 10.3. The molecule has 5 heterocycles. The standard InChI is InChI=1S/C28H32FN5O3/c1-17(33-9-5-4-6-10-33)14-36-16-20-8-7-19(12-30-20)24-21(29)11-22-25-26-23(13-31-22)32(3)28(35)34(26)18(2)15-37-27(24)25/h7-8,11-13,17-18H,4-6,9-10,14-16H2,1-3H3/t17?,18-/m0/s1. The van der Waals surface area contributed by atoms with E-state index in [0.717, 1.165) is 24.3 Å². The van der Waals surface area contributed by atoms with Gasteiger partial charge in [0.2, 0.25) is 0 Å². The topological polar surface area (TPSA) is 74.4 Å². The molecule has 3 aromatic heterocycles. The van der Waals surface area contributed by atoms with Crippen LogP contribution < -0.4 is 10.4 Å². The minimum atomic E-state index is -0.435. The Morgan fingerprint density at radius 1 is 1.19 bits per heavy atom. The second kappa shape index (κ2) is 9.54. The number of rotatable bonds is 6. The van der Waals surface area contributed by atoms with Crippen molar-refractivity contribution >= 4 is 21.9 Å². The van der Waals surface area contributed by atoms with Crippen molar-refractivity contribution in [1.29, 1.82) is 0 Å². The zero-order chi connectivity index (χ0) is 25.7. The molecule has 0 amide bonds. The Kier molecular flexibility index (Phi) is 6.20. The van der Waals surface area contributed by atoms with E-state index in [1.54, 1.807) is 28.6 Å². The summed E-state index contributed by atoms with van der Waals surface area (Å²) in [6, 6.07) is 5.30. The largest absolute Gasteiger partial charge is 0.490 e. The van der Waals surface area contributed by atoms with Crippen LogP contribution in [0.4, 0.5) is 4.39 Å². The minimum Gasteiger partial charge on any atom is -0.490 e. The smallest absolute Gasteiger partial charge is 0.329 e. The van der Waals surface area contributed by atoms with Crippen molar-refractivity contribution in [2.45, 2.75) is 51.8 Å². The van der Waals surface area contributed by atoms with Crippen LogP contribution in [0, 0.1) is 5.82 Å². The van der Waals surface area contributed by atoms with E-state index in [4.69, 9.17) is 9.47 Å². The Labute approximate surface area is 214 Å². The molecule has 37 heavy (non-hydrogen) atoms. The van der Waals surface area contributed by atoms with E-state index in [0.29, 0.717) is 52.6 Å². The number of aromatic nitrogens is 4. The molecule has 0 saturated carbocycles. The molecular formula is C28H32FN5O3. The zero-order valence-corrected chi connectivity index (χ0v) is 21.5. The van der Waals surface area contributed by atoms with Crippen LogP contribution in [-0.2, 0) is 18.4 Å². The van der Waals surface area contributed by atoms with Gasteiger partial charge in [-0.3, -0.25) is 24.0 Å². The van der Waals surface area contributed by atoms with Gasteiger partial charge in [0.25, 0.3) is 0 Å². The number of halogens is 1. The van der Waals surface area contributed by atoms with Gasteiger partial charge in [-0.25, -0.2) is 9.18 Å². The summed E-state index contributed by atoms with van der Waals surface area (Å²) in [5, 5.41) is 0.648. The Morgan fingerprint density at radius 3 is 2.76 bits per heavy atom. The maximum Gasteiger partial charge on any atom is 0.329 e. The average molecular weight is 506 g/mol. The number of ether oxygens (including phenoxy) is 2. The van der Waals surface area contributed by atoms with Gasteiger partial charge < -0.3 is 9.47 Å². The third-order valence-electron chi connectivity index (χ3n) is 7.76. The van der Waals surface area contributed by atoms with Crippen LogP contribution in [0.1, 0.15) is 44.8 Å². The van der Waals surface area contributed by atoms with Crippen LogP contribution in [0.15, 0.2) is 35.4 Å². The normalized spacial score (nSPS) is 18.9. The van der Waals surface area contributed by atoms with E-state index in [2.05, 4.69) is 21.8 Å².